The van der Waals surface area contributed by atoms with Gasteiger partial charge in [0.15, 0.2) is 0 Å². The van der Waals surface area contributed by atoms with E-state index in [0.29, 0.717) is 18.3 Å². The summed E-state index contributed by atoms with van der Waals surface area (Å²) in [5, 5.41) is 13.6. The monoisotopic (exact) mass is 281 g/mol. The van der Waals surface area contributed by atoms with Gasteiger partial charge in [0.2, 0.25) is 0 Å². The third-order valence-corrected chi connectivity index (χ3v) is 2.23. The van der Waals surface area contributed by atoms with Crippen molar-refractivity contribution < 1.29 is 23.0 Å². The molecule has 0 aliphatic heterocycles. The van der Waals surface area contributed by atoms with E-state index in [-0.39, 0.29) is 13.0 Å². The largest absolute Gasteiger partial charge is 0.411 e. The predicted molar refractivity (Wildman–Crippen MR) is 61.4 cm³/mol. The van der Waals surface area contributed by atoms with Crippen LogP contribution in [0.4, 0.5) is 13.2 Å². The molecule has 0 fully saturated rings. The van der Waals surface area contributed by atoms with Gasteiger partial charge >= 0.3 is 6.18 Å². The highest BCUT2D eigenvalue weighted by Crippen LogP contribution is 2.14. The molecule has 0 aliphatic carbocycles. The van der Waals surface area contributed by atoms with Crippen molar-refractivity contribution in [2.45, 2.75) is 39.1 Å². The van der Waals surface area contributed by atoms with Crippen LogP contribution in [0.5, 0.6) is 0 Å². The Morgan fingerprint density at radius 1 is 1.42 bits per heavy atom. The van der Waals surface area contributed by atoms with Gasteiger partial charge in [0.25, 0.3) is 0 Å². The fourth-order valence-corrected chi connectivity index (χ4v) is 1.52. The molecule has 110 valence electrons. The van der Waals surface area contributed by atoms with Crippen LogP contribution in [0.15, 0.2) is 6.33 Å². The van der Waals surface area contributed by atoms with Crippen molar-refractivity contribution in [2.24, 2.45) is 5.92 Å². The zero-order valence-electron chi connectivity index (χ0n) is 10.9. The maximum absolute atomic E-state index is 11.9. The molecule has 8 heteroatoms. The van der Waals surface area contributed by atoms with Crippen LogP contribution in [-0.2, 0) is 17.7 Å². The Labute approximate surface area is 109 Å². The smallest absolute Gasteiger partial charge is 0.390 e. The standard InChI is InChI=1S/C11H18F3N3O2/c1-8(2)4-17-10(15-7-16-17)3-9(18)5-19-6-11(12,13)14/h7-9,18H,3-6H2,1-2H3. The Balaban J connectivity index is 2.40. The van der Waals surface area contributed by atoms with Gasteiger partial charge in [-0.2, -0.15) is 18.3 Å². The van der Waals surface area contributed by atoms with Crippen molar-refractivity contribution in [1.82, 2.24) is 14.8 Å². The van der Waals surface area contributed by atoms with Crippen LogP contribution in [-0.4, -0.2) is 45.4 Å². The second-order valence-electron chi connectivity index (χ2n) is 4.74. The van der Waals surface area contributed by atoms with Crippen molar-refractivity contribution in [3.8, 4) is 0 Å². The van der Waals surface area contributed by atoms with Gasteiger partial charge in [0, 0.05) is 13.0 Å². The molecule has 1 aromatic rings. The summed E-state index contributed by atoms with van der Waals surface area (Å²) in [6, 6.07) is 0. The molecule has 0 bridgehead atoms. The van der Waals surface area contributed by atoms with E-state index in [1.807, 2.05) is 13.8 Å². The maximum atomic E-state index is 11.9. The van der Waals surface area contributed by atoms with E-state index in [9.17, 15) is 18.3 Å². The number of ether oxygens (including phenoxy) is 1. The van der Waals surface area contributed by atoms with Crippen LogP contribution in [0.2, 0.25) is 0 Å². The quantitative estimate of drug-likeness (QED) is 0.821. The topological polar surface area (TPSA) is 60.2 Å². The second kappa shape index (κ2) is 6.85. The van der Waals surface area contributed by atoms with Crippen molar-refractivity contribution in [2.75, 3.05) is 13.2 Å². The SMILES string of the molecule is CC(C)Cn1ncnc1CC(O)COCC(F)(F)F. The number of aromatic nitrogens is 3. The Morgan fingerprint density at radius 2 is 2.11 bits per heavy atom. The summed E-state index contributed by atoms with van der Waals surface area (Å²) in [6.45, 7) is 2.92. The number of hydrogen-bond donors (Lipinski definition) is 1. The lowest BCUT2D eigenvalue weighted by Crippen LogP contribution is -2.25. The van der Waals surface area contributed by atoms with E-state index < -0.39 is 18.9 Å². The summed E-state index contributed by atoms with van der Waals surface area (Å²) in [7, 11) is 0. The molecular weight excluding hydrogens is 263 g/mol. The zero-order chi connectivity index (χ0) is 14.5. The average Bonchev–Trinajstić information content (AvgIpc) is 2.62. The molecule has 1 rings (SSSR count). The van der Waals surface area contributed by atoms with Gasteiger partial charge in [0.1, 0.15) is 18.8 Å². The maximum Gasteiger partial charge on any atom is 0.411 e. The van der Waals surface area contributed by atoms with Crippen LogP contribution in [0.25, 0.3) is 0 Å². The first-order chi connectivity index (χ1) is 8.78. The van der Waals surface area contributed by atoms with Crippen LogP contribution < -0.4 is 0 Å². The predicted octanol–water partition coefficient (Wildman–Crippen LogP) is 1.42. The number of rotatable bonds is 7. The first-order valence-corrected chi connectivity index (χ1v) is 5.97. The van der Waals surface area contributed by atoms with Crippen molar-refractivity contribution in [3.63, 3.8) is 0 Å². The molecule has 0 spiro atoms. The zero-order valence-corrected chi connectivity index (χ0v) is 10.9. The van der Waals surface area contributed by atoms with Crippen LogP contribution in [0.1, 0.15) is 19.7 Å². The lowest BCUT2D eigenvalue weighted by molar-refractivity contribution is -0.179. The van der Waals surface area contributed by atoms with Gasteiger partial charge in [-0.05, 0) is 5.92 Å². The Hall–Kier alpha value is -1.15. The number of nitrogens with zero attached hydrogens (tertiary/aromatic N) is 3. The number of halogens is 3. The van der Waals surface area contributed by atoms with E-state index in [1.165, 1.54) is 6.33 Å². The average molecular weight is 281 g/mol. The third-order valence-electron chi connectivity index (χ3n) is 2.23. The molecule has 1 aromatic heterocycles. The molecule has 0 amide bonds. The second-order valence-corrected chi connectivity index (χ2v) is 4.74. The molecule has 0 saturated carbocycles. The molecule has 5 nitrogen and oxygen atoms in total. The summed E-state index contributed by atoms with van der Waals surface area (Å²) in [5.74, 6) is 0.899. The summed E-state index contributed by atoms with van der Waals surface area (Å²) in [6.07, 6.45) is -3.93. The van der Waals surface area contributed by atoms with Gasteiger partial charge < -0.3 is 9.84 Å². The lowest BCUT2D eigenvalue weighted by Gasteiger charge is -2.13. The minimum atomic E-state index is -4.38. The lowest BCUT2D eigenvalue weighted by atomic mass is 10.2. The highest BCUT2D eigenvalue weighted by atomic mass is 19.4. The first-order valence-electron chi connectivity index (χ1n) is 5.97. The fourth-order valence-electron chi connectivity index (χ4n) is 1.52. The molecule has 1 N–H and O–H groups in total. The molecule has 19 heavy (non-hydrogen) atoms. The molecule has 0 aromatic carbocycles. The van der Waals surface area contributed by atoms with Crippen molar-refractivity contribution in [3.05, 3.63) is 12.2 Å². The molecule has 1 atom stereocenters. The summed E-state index contributed by atoms with van der Waals surface area (Å²) in [5.41, 5.74) is 0. The van der Waals surface area contributed by atoms with E-state index in [2.05, 4.69) is 14.8 Å². The van der Waals surface area contributed by atoms with Crippen molar-refractivity contribution in [1.29, 1.82) is 0 Å². The van der Waals surface area contributed by atoms with Gasteiger partial charge in [-0.15, -0.1) is 0 Å². The van der Waals surface area contributed by atoms with Gasteiger partial charge in [-0.3, -0.25) is 0 Å². The minimum absolute atomic E-state index is 0.116. The van der Waals surface area contributed by atoms with Gasteiger partial charge in [-0.1, -0.05) is 13.8 Å². The van der Waals surface area contributed by atoms with Crippen LogP contribution in [0, 0.1) is 5.92 Å². The van der Waals surface area contributed by atoms with E-state index in [4.69, 9.17) is 0 Å². The van der Waals surface area contributed by atoms with Crippen molar-refractivity contribution >= 4 is 0 Å². The third kappa shape index (κ3) is 6.53. The summed E-state index contributed by atoms with van der Waals surface area (Å²) < 4.78 is 41.6. The number of alkyl halides is 3. The van der Waals surface area contributed by atoms with E-state index in [1.54, 1.807) is 4.68 Å². The van der Waals surface area contributed by atoms with Crippen LogP contribution >= 0.6 is 0 Å². The Kier molecular flexibility index (Phi) is 5.74. The molecule has 0 aliphatic rings. The molecule has 0 radical (unpaired) electrons. The van der Waals surface area contributed by atoms with E-state index >= 15 is 0 Å². The Morgan fingerprint density at radius 3 is 2.68 bits per heavy atom. The highest BCUT2D eigenvalue weighted by Gasteiger charge is 2.27. The number of aliphatic hydroxyl groups is 1. The highest BCUT2D eigenvalue weighted by molar-refractivity contribution is 4.87. The van der Waals surface area contributed by atoms with Gasteiger partial charge in [-0.25, -0.2) is 9.67 Å². The van der Waals surface area contributed by atoms with Gasteiger partial charge in [0.05, 0.1) is 12.7 Å². The normalized spacial score (nSPS) is 14.1. The summed E-state index contributed by atoms with van der Waals surface area (Å²) >= 11 is 0. The number of aliphatic hydroxyl groups excluding tert-OH is 1. The molecule has 1 heterocycles. The fraction of sp³-hybridized carbons (Fsp3) is 0.818. The Bertz CT molecular complexity index is 380. The molecular formula is C11H18F3N3O2. The first kappa shape index (κ1) is 15.9. The minimum Gasteiger partial charge on any atom is -0.390 e. The summed E-state index contributed by atoms with van der Waals surface area (Å²) in [4.78, 5) is 3.98. The molecule has 1 unspecified atom stereocenters. The van der Waals surface area contributed by atoms with E-state index in [0.717, 1.165) is 0 Å². The molecule has 0 saturated heterocycles. The van der Waals surface area contributed by atoms with Crippen LogP contribution in [0.3, 0.4) is 0 Å². The number of hydrogen-bond acceptors (Lipinski definition) is 4.